The molecule has 3 fully saturated rings. The van der Waals surface area contributed by atoms with Gasteiger partial charge in [-0.15, -0.1) is 0 Å². The maximum absolute atomic E-state index is 12.9. The van der Waals surface area contributed by atoms with E-state index in [-0.39, 0.29) is 5.92 Å². The average Bonchev–Trinajstić information content (AvgIpc) is 2.74. The summed E-state index contributed by atoms with van der Waals surface area (Å²) in [7, 11) is 0. The smallest absolute Gasteiger partial charge is 0.227 e. The number of ether oxygens (including phenoxy) is 1. The Kier molecular flexibility index (Phi) is 6.15. The van der Waals surface area contributed by atoms with Crippen LogP contribution in [-0.4, -0.2) is 79.2 Å². The van der Waals surface area contributed by atoms with E-state index in [1.54, 1.807) is 0 Å². The number of halogens is 1. The summed E-state index contributed by atoms with van der Waals surface area (Å²) in [5.41, 5.74) is 0. The minimum atomic E-state index is 0.157. The van der Waals surface area contributed by atoms with Crippen LogP contribution in [0.2, 0.25) is 5.15 Å². The average molecular weight is 393 g/mol. The Morgan fingerprint density at radius 2 is 1.85 bits per heavy atom. The highest BCUT2D eigenvalue weighted by atomic mass is 35.5. The topological polar surface area (TPSA) is 48.9 Å². The first-order valence-electron chi connectivity index (χ1n) is 10.2. The van der Waals surface area contributed by atoms with Crippen molar-refractivity contribution >= 4 is 23.3 Å². The molecular formula is C20H29ClN4O2. The van der Waals surface area contributed by atoms with E-state index in [0.29, 0.717) is 30.3 Å². The molecule has 1 aromatic heterocycles. The minimum absolute atomic E-state index is 0.157. The van der Waals surface area contributed by atoms with Gasteiger partial charge < -0.3 is 14.5 Å². The third kappa shape index (κ3) is 4.55. The third-order valence-corrected chi connectivity index (χ3v) is 6.34. The number of aromatic nitrogens is 1. The predicted molar refractivity (Wildman–Crippen MR) is 106 cm³/mol. The Labute approximate surface area is 166 Å². The molecule has 4 heterocycles. The van der Waals surface area contributed by atoms with Gasteiger partial charge in [-0.3, -0.25) is 9.69 Å². The van der Waals surface area contributed by atoms with Gasteiger partial charge in [-0.05, 0) is 44.4 Å². The molecule has 4 rings (SSSR count). The van der Waals surface area contributed by atoms with Crippen LogP contribution >= 0.6 is 11.6 Å². The summed E-state index contributed by atoms with van der Waals surface area (Å²) in [6.45, 7) is 6.88. The van der Waals surface area contributed by atoms with Crippen molar-refractivity contribution < 1.29 is 9.53 Å². The number of hydrogen-bond donors (Lipinski definition) is 0. The summed E-state index contributed by atoms with van der Waals surface area (Å²) in [5.74, 6) is 1.47. The van der Waals surface area contributed by atoms with Gasteiger partial charge in [0, 0.05) is 38.8 Å². The van der Waals surface area contributed by atoms with E-state index in [9.17, 15) is 4.79 Å². The van der Waals surface area contributed by atoms with Crippen LogP contribution in [0.5, 0.6) is 0 Å². The molecule has 3 aliphatic rings. The summed E-state index contributed by atoms with van der Waals surface area (Å²) >= 11 is 6.03. The molecule has 0 radical (unpaired) electrons. The zero-order valence-electron chi connectivity index (χ0n) is 15.9. The fourth-order valence-electron chi connectivity index (χ4n) is 4.62. The molecule has 0 spiro atoms. The molecule has 0 bridgehead atoms. The summed E-state index contributed by atoms with van der Waals surface area (Å²) in [6, 6.07) is 6.38. The molecule has 3 saturated heterocycles. The van der Waals surface area contributed by atoms with Crippen molar-refractivity contribution in [3.05, 3.63) is 23.4 Å². The number of carbonyl (C=O) groups excluding carboxylic acids is 1. The van der Waals surface area contributed by atoms with Crippen molar-refractivity contribution in [1.82, 2.24) is 14.8 Å². The van der Waals surface area contributed by atoms with Gasteiger partial charge in [0.1, 0.15) is 11.0 Å². The highest BCUT2D eigenvalue weighted by molar-refractivity contribution is 6.29. The lowest BCUT2D eigenvalue weighted by molar-refractivity contribution is -0.141. The molecule has 0 aliphatic carbocycles. The summed E-state index contributed by atoms with van der Waals surface area (Å²) < 4.78 is 5.39. The quantitative estimate of drug-likeness (QED) is 0.738. The third-order valence-electron chi connectivity index (χ3n) is 6.13. The van der Waals surface area contributed by atoms with E-state index in [2.05, 4.69) is 14.8 Å². The van der Waals surface area contributed by atoms with Crippen molar-refractivity contribution in [3.63, 3.8) is 0 Å². The van der Waals surface area contributed by atoms with Crippen LogP contribution in [0.15, 0.2) is 18.2 Å². The van der Waals surface area contributed by atoms with Crippen molar-refractivity contribution in [3.8, 4) is 0 Å². The van der Waals surface area contributed by atoms with E-state index in [1.807, 2.05) is 23.1 Å². The molecule has 0 N–H and O–H groups in total. The molecule has 148 valence electrons. The van der Waals surface area contributed by atoms with Crippen molar-refractivity contribution in [2.45, 2.75) is 31.7 Å². The molecule has 1 aromatic rings. The minimum Gasteiger partial charge on any atom is -0.378 e. The Hall–Kier alpha value is -1.37. The molecule has 0 unspecified atom stereocenters. The molecule has 0 saturated carbocycles. The Bertz CT molecular complexity index is 645. The number of hydrogen-bond acceptors (Lipinski definition) is 5. The van der Waals surface area contributed by atoms with Crippen molar-refractivity contribution in [1.29, 1.82) is 0 Å². The van der Waals surface area contributed by atoms with E-state index in [0.717, 1.165) is 70.8 Å². The first kappa shape index (κ1) is 19.0. The maximum Gasteiger partial charge on any atom is 0.227 e. The molecule has 1 amide bonds. The molecule has 27 heavy (non-hydrogen) atoms. The number of nitrogens with zero attached hydrogens (tertiary/aromatic N) is 4. The standard InChI is InChI=1S/C20H29ClN4O2/c21-18-4-1-5-19(22-18)23-9-6-17(7-10-23)25-8-2-3-16(15-25)20(26)24-11-13-27-14-12-24/h1,4-5,16-17H,2-3,6-15H2/t16-/m0/s1. The molecular weight excluding hydrogens is 364 g/mol. The number of rotatable bonds is 3. The van der Waals surface area contributed by atoms with Gasteiger partial charge in [0.2, 0.25) is 5.91 Å². The number of anilines is 1. The first-order chi connectivity index (χ1) is 13.2. The summed E-state index contributed by atoms with van der Waals surface area (Å²) in [6.07, 6.45) is 4.38. The number of amides is 1. The normalized spacial score (nSPS) is 25.6. The lowest BCUT2D eigenvalue weighted by atomic mass is 9.92. The van der Waals surface area contributed by atoms with Crippen LogP contribution in [0.3, 0.4) is 0 Å². The highest BCUT2D eigenvalue weighted by Crippen LogP contribution is 2.27. The van der Waals surface area contributed by atoms with Crippen LogP contribution in [0.25, 0.3) is 0 Å². The van der Waals surface area contributed by atoms with Gasteiger partial charge in [-0.1, -0.05) is 17.7 Å². The van der Waals surface area contributed by atoms with E-state index >= 15 is 0 Å². The fraction of sp³-hybridized carbons (Fsp3) is 0.700. The highest BCUT2D eigenvalue weighted by Gasteiger charge is 2.34. The number of morpholine rings is 1. The zero-order chi connectivity index (χ0) is 18.6. The van der Waals surface area contributed by atoms with Crippen LogP contribution in [-0.2, 0) is 9.53 Å². The Morgan fingerprint density at radius 1 is 1.07 bits per heavy atom. The van der Waals surface area contributed by atoms with Gasteiger partial charge in [0.15, 0.2) is 0 Å². The lowest BCUT2D eigenvalue weighted by Crippen LogP contribution is -2.52. The van der Waals surface area contributed by atoms with Crippen LogP contribution in [0.1, 0.15) is 25.7 Å². The molecule has 1 atom stereocenters. The van der Waals surface area contributed by atoms with E-state index in [4.69, 9.17) is 16.3 Å². The van der Waals surface area contributed by atoms with Crippen LogP contribution in [0.4, 0.5) is 5.82 Å². The van der Waals surface area contributed by atoms with Gasteiger partial charge in [0.25, 0.3) is 0 Å². The molecule has 3 aliphatic heterocycles. The Morgan fingerprint density at radius 3 is 2.59 bits per heavy atom. The van der Waals surface area contributed by atoms with E-state index < -0.39 is 0 Å². The SMILES string of the molecule is O=C([C@H]1CCCN(C2CCN(c3cccc(Cl)n3)CC2)C1)N1CCOCC1. The zero-order valence-corrected chi connectivity index (χ0v) is 16.6. The number of likely N-dealkylation sites (tertiary alicyclic amines) is 1. The largest absolute Gasteiger partial charge is 0.378 e. The second-order valence-corrected chi connectivity index (χ2v) is 8.20. The van der Waals surface area contributed by atoms with Crippen LogP contribution < -0.4 is 4.90 Å². The lowest BCUT2D eigenvalue weighted by Gasteiger charge is -2.43. The number of piperidine rings is 2. The monoisotopic (exact) mass is 392 g/mol. The second-order valence-electron chi connectivity index (χ2n) is 7.81. The Balaban J connectivity index is 1.31. The van der Waals surface area contributed by atoms with E-state index in [1.165, 1.54) is 0 Å². The first-order valence-corrected chi connectivity index (χ1v) is 10.6. The van der Waals surface area contributed by atoms with Crippen molar-refractivity contribution in [2.75, 3.05) is 57.4 Å². The summed E-state index contributed by atoms with van der Waals surface area (Å²) in [4.78, 5) is 24.2. The molecule has 7 heteroatoms. The van der Waals surface area contributed by atoms with Gasteiger partial charge >= 0.3 is 0 Å². The molecule has 6 nitrogen and oxygen atoms in total. The molecule has 0 aromatic carbocycles. The number of carbonyl (C=O) groups is 1. The fourth-order valence-corrected chi connectivity index (χ4v) is 4.77. The van der Waals surface area contributed by atoms with Gasteiger partial charge in [-0.2, -0.15) is 0 Å². The van der Waals surface area contributed by atoms with Gasteiger partial charge in [0.05, 0.1) is 19.1 Å². The predicted octanol–water partition coefficient (Wildman–Crippen LogP) is 2.27. The van der Waals surface area contributed by atoms with Crippen molar-refractivity contribution in [2.24, 2.45) is 5.92 Å². The summed E-state index contributed by atoms with van der Waals surface area (Å²) in [5, 5.41) is 0.551. The number of pyridine rings is 1. The van der Waals surface area contributed by atoms with Crippen LogP contribution in [0, 0.1) is 5.92 Å². The van der Waals surface area contributed by atoms with Gasteiger partial charge in [-0.25, -0.2) is 4.98 Å². The maximum atomic E-state index is 12.9. The second kappa shape index (κ2) is 8.76.